The minimum atomic E-state index is 0.617. The second kappa shape index (κ2) is 6.53. The molecule has 2 N–H and O–H groups in total. The van der Waals surface area contributed by atoms with Gasteiger partial charge in [0.05, 0.1) is 11.6 Å². The van der Waals surface area contributed by atoms with Crippen molar-refractivity contribution >= 4 is 17.3 Å². The molecule has 2 aromatic rings. The zero-order chi connectivity index (χ0) is 14.4. The smallest absolute Gasteiger partial charge is 0.138 e. The maximum Gasteiger partial charge on any atom is 0.138 e. The Morgan fingerprint density at radius 1 is 1.25 bits per heavy atom. The summed E-state index contributed by atoms with van der Waals surface area (Å²) in [6, 6.07) is 9.43. The molecule has 0 radical (unpaired) electrons. The summed E-state index contributed by atoms with van der Waals surface area (Å²) in [5.41, 5.74) is 2.42. The summed E-state index contributed by atoms with van der Waals surface area (Å²) in [5, 5.41) is 15.4. The Morgan fingerprint density at radius 2 is 2.05 bits per heavy atom. The van der Waals surface area contributed by atoms with Gasteiger partial charge in [-0.25, -0.2) is 9.97 Å². The lowest BCUT2D eigenvalue weighted by Gasteiger charge is -2.12. The molecule has 102 valence electrons. The highest BCUT2D eigenvalue weighted by atomic mass is 15.1. The van der Waals surface area contributed by atoms with Crippen LogP contribution in [-0.4, -0.2) is 16.5 Å². The molecule has 0 aliphatic carbocycles. The van der Waals surface area contributed by atoms with Crippen molar-refractivity contribution in [2.45, 2.75) is 20.3 Å². The van der Waals surface area contributed by atoms with E-state index in [9.17, 15) is 0 Å². The van der Waals surface area contributed by atoms with Crippen LogP contribution in [0.3, 0.4) is 0 Å². The molecule has 2 rings (SSSR count). The van der Waals surface area contributed by atoms with Gasteiger partial charge < -0.3 is 10.6 Å². The molecule has 0 unspecified atom stereocenters. The van der Waals surface area contributed by atoms with E-state index in [1.165, 1.54) is 6.33 Å². The number of hydrogen-bond donors (Lipinski definition) is 2. The molecular weight excluding hydrogens is 250 g/mol. The first-order valence-electron chi connectivity index (χ1n) is 6.57. The molecule has 0 bridgehead atoms. The third kappa shape index (κ3) is 3.23. The van der Waals surface area contributed by atoms with Gasteiger partial charge in [0.2, 0.25) is 0 Å². The molecule has 1 heterocycles. The average molecular weight is 267 g/mol. The van der Waals surface area contributed by atoms with Crippen LogP contribution in [-0.2, 0) is 0 Å². The Morgan fingerprint density at radius 3 is 2.80 bits per heavy atom. The van der Waals surface area contributed by atoms with Crippen molar-refractivity contribution in [3.8, 4) is 6.07 Å². The predicted octanol–water partition coefficient (Wildman–Crippen LogP) is 3.22. The van der Waals surface area contributed by atoms with Crippen molar-refractivity contribution in [2.75, 3.05) is 17.2 Å². The third-order valence-corrected chi connectivity index (χ3v) is 2.88. The molecule has 1 aromatic carbocycles. The Labute approximate surface area is 118 Å². The maximum atomic E-state index is 8.91. The molecule has 0 amide bonds. The van der Waals surface area contributed by atoms with E-state index in [-0.39, 0.29) is 0 Å². The third-order valence-electron chi connectivity index (χ3n) is 2.88. The van der Waals surface area contributed by atoms with E-state index in [1.54, 1.807) is 12.1 Å². The molecule has 0 fully saturated rings. The van der Waals surface area contributed by atoms with Crippen molar-refractivity contribution in [3.63, 3.8) is 0 Å². The van der Waals surface area contributed by atoms with Crippen LogP contribution < -0.4 is 10.6 Å². The van der Waals surface area contributed by atoms with Crippen LogP contribution in [0.15, 0.2) is 30.6 Å². The van der Waals surface area contributed by atoms with E-state index in [2.05, 4.69) is 33.6 Å². The van der Waals surface area contributed by atoms with Gasteiger partial charge in [0.1, 0.15) is 18.0 Å². The van der Waals surface area contributed by atoms with E-state index >= 15 is 0 Å². The lowest BCUT2D eigenvalue weighted by Crippen LogP contribution is -2.06. The van der Waals surface area contributed by atoms with E-state index < -0.39 is 0 Å². The summed E-state index contributed by atoms with van der Waals surface area (Å²) >= 11 is 0. The number of nitriles is 1. The topological polar surface area (TPSA) is 73.6 Å². The number of nitrogens with zero attached hydrogens (tertiary/aromatic N) is 3. The highest BCUT2D eigenvalue weighted by Crippen LogP contribution is 2.22. The molecule has 0 atom stereocenters. The fourth-order valence-electron chi connectivity index (χ4n) is 1.80. The standard InChI is InChI=1S/C15H17N5/c1-3-7-17-14-11(2)15(19-10-18-14)20-13-6-4-5-12(8-13)9-16/h4-6,8,10H,3,7H2,1-2H3,(H2,17,18,19,20). The van der Waals surface area contributed by atoms with E-state index in [4.69, 9.17) is 5.26 Å². The number of hydrogen-bond acceptors (Lipinski definition) is 5. The van der Waals surface area contributed by atoms with Gasteiger partial charge in [0.15, 0.2) is 0 Å². The predicted molar refractivity (Wildman–Crippen MR) is 80.0 cm³/mol. The quantitative estimate of drug-likeness (QED) is 0.870. The van der Waals surface area contributed by atoms with Crippen LogP contribution in [0.1, 0.15) is 24.5 Å². The molecule has 20 heavy (non-hydrogen) atoms. The van der Waals surface area contributed by atoms with Crippen molar-refractivity contribution in [2.24, 2.45) is 0 Å². The fraction of sp³-hybridized carbons (Fsp3) is 0.267. The average Bonchev–Trinajstić information content (AvgIpc) is 2.48. The largest absolute Gasteiger partial charge is 0.370 e. The lowest BCUT2D eigenvalue weighted by atomic mass is 10.2. The van der Waals surface area contributed by atoms with Gasteiger partial charge >= 0.3 is 0 Å². The monoisotopic (exact) mass is 267 g/mol. The number of anilines is 3. The Kier molecular flexibility index (Phi) is 4.51. The molecule has 0 saturated heterocycles. The van der Waals surface area contributed by atoms with Gasteiger partial charge in [0, 0.05) is 17.8 Å². The zero-order valence-corrected chi connectivity index (χ0v) is 11.6. The van der Waals surface area contributed by atoms with Gasteiger partial charge in [-0.15, -0.1) is 0 Å². The molecule has 1 aromatic heterocycles. The number of nitrogens with one attached hydrogen (secondary N) is 2. The summed E-state index contributed by atoms with van der Waals surface area (Å²) in [7, 11) is 0. The molecule has 5 heteroatoms. The minimum Gasteiger partial charge on any atom is -0.370 e. The number of rotatable bonds is 5. The summed E-state index contributed by atoms with van der Waals surface area (Å²) in [6.45, 7) is 4.95. The van der Waals surface area contributed by atoms with E-state index in [1.807, 2.05) is 19.1 Å². The Balaban J connectivity index is 2.22. The van der Waals surface area contributed by atoms with Crippen molar-refractivity contribution in [3.05, 3.63) is 41.7 Å². The molecular formula is C15H17N5. The van der Waals surface area contributed by atoms with Crippen LogP contribution in [0, 0.1) is 18.3 Å². The Bertz CT molecular complexity index is 630. The van der Waals surface area contributed by atoms with Crippen molar-refractivity contribution in [1.29, 1.82) is 5.26 Å². The normalized spacial score (nSPS) is 9.85. The van der Waals surface area contributed by atoms with Gasteiger partial charge in [-0.2, -0.15) is 5.26 Å². The van der Waals surface area contributed by atoms with Crippen LogP contribution in [0.2, 0.25) is 0 Å². The van der Waals surface area contributed by atoms with Crippen LogP contribution >= 0.6 is 0 Å². The first kappa shape index (κ1) is 13.8. The van der Waals surface area contributed by atoms with E-state index in [0.29, 0.717) is 5.56 Å². The lowest BCUT2D eigenvalue weighted by molar-refractivity contribution is 0.960. The second-order valence-electron chi connectivity index (χ2n) is 4.44. The summed E-state index contributed by atoms with van der Waals surface area (Å²) in [5.74, 6) is 1.58. The van der Waals surface area contributed by atoms with Crippen LogP contribution in [0.25, 0.3) is 0 Å². The summed E-state index contributed by atoms with van der Waals surface area (Å²) < 4.78 is 0. The molecule has 0 aliphatic rings. The minimum absolute atomic E-state index is 0.617. The highest BCUT2D eigenvalue weighted by molar-refractivity contribution is 5.65. The molecule has 0 aliphatic heterocycles. The van der Waals surface area contributed by atoms with Gasteiger partial charge in [-0.1, -0.05) is 13.0 Å². The van der Waals surface area contributed by atoms with Crippen LogP contribution in [0.5, 0.6) is 0 Å². The van der Waals surface area contributed by atoms with Gasteiger partial charge in [-0.3, -0.25) is 0 Å². The molecule has 0 spiro atoms. The highest BCUT2D eigenvalue weighted by Gasteiger charge is 2.06. The first-order chi connectivity index (χ1) is 9.74. The fourth-order valence-corrected chi connectivity index (χ4v) is 1.80. The van der Waals surface area contributed by atoms with Gasteiger partial charge in [0.25, 0.3) is 0 Å². The Hall–Kier alpha value is -2.61. The van der Waals surface area contributed by atoms with Crippen molar-refractivity contribution < 1.29 is 0 Å². The molecule has 5 nitrogen and oxygen atoms in total. The number of benzene rings is 1. The summed E-state index contributed by atoms with van der Waals surface area (Å²) in [6.07, 6.45) is 2.57. The van der Waals surface area contributed by atoms with Crippen molar-refractivity contribution in [1.82, 2.24) is 9.97 Å². The van der Waals surface area contributed by atoms with E-state index in [0.717, 1.165) is 35.9 Å². The maximum absolute atomic E-state index is 8.91. The van der Waals surface area contributed by atoms with Crippen LogP contribution in [0.4, 0.5) is 17.3 Å². The SMILES string of the molecule is CCCNc1ncnc(Nc2cccc(C#N)c2)c1C. The number of aromatic nitrogens is 2. The van der Waals surface area contributed by atoms with Gasteiger partial charge in [-0.05, 0) is 31.5 Å². The second-order valence-corrected chi connectivity index (χ2v) is 4.44. The first-order valence-corrected chi connectivity index (χ1v) is 6.57. The molecule has 0 saturated carbocycles. The summed E-state index contributed by atoms with van der Waals surface area (Å²) in [4.78, 5) is 8.49. The zero-order valence-electron chi connectivity index (χ0n) is 11.6.